The van der Waals surface area contributed by atoms with Crippen molar-refractivity contribution in [3.05, 3.63) is 29.6 Å². The largest absolute Gasteiger partial charge is 0.368 e. The molecule has 0 atom stereocenters. The lowest BCUT2D eigenvalue weighted by Crippen LogP contribution is -2.61. The van der Waals surface area contributed by atoms with Gasteiger partial charge in [0.15, 0.2) is 0 Å². The minimum Gasteiger partial charge on any atom is -0.368 e. The SMILES string of the molecule is Cc1c(F)cccc1N1CCNC2(CCCCC2)C1. The molecule has 0 aromatic heterocycles. The summed E-state index contributed by atoms with van der Waals surface area (Å²) in [6, 6.07) is 5.44. The summed E-state index contributed by atoms with van der Waals surface area (Å²) >= 11 is 0. The Balaban J connectivity index is 1.83. The maximum absolute atomic E-state index is 13.7. The zero-order chi connectivity index (χ0) is 13.3. The van der Waals surface area contributed by atoms with E-state index in [9.17, 15) is 4.39 Å². The summed E-state index contributed by atoms with van der Waals surface area (Å²) in [6.07, 6.45) is 6.53. The van der Waals surface area contributed by atoms with Gasteiger partial charge in [-0.3, -0.25) is 0 Å². The van der Waals surface area contributed by atoms with Crippen LogP contribution >= 0.6 is 0 Å². The van der Waals surface area contributed by atoms with Crippen LogP contribution in [-0.2, 0) is 0 Å². The van der Waals surface area contributed by atoms with Gasteiger partial charge in [0, 0.05) is 36.4 Å². The van der Waals surface area contributed by atoms with Gasteiger partial charge in [-0.25, -0.2) is 4.39 Å². The lowest BCUT2D eigenvalue weighted by Gasteiger charge is -2.47. The Bertz CT molecular complexity index is 447. The van der Waals surface area contributed by atoms with Crippen molar-refractivity contribution in [2.24, 2.45) is 0 Å². The van der Waals surface area contributed by atoms with Crippen LogP contribution in [0.5, 0.6) is 0 Å². The molecule has 1 aromatic carbocycles. The number of piperazine rings is 1. The molecule has 1 aliphatic heterocycles. The molecule has 1 saturated heterocycles. The van der Waals surface area contributed by atoms with Crippen LogP contribution in [-0.4, -0.2) is 25.2 Å². The lowest BCUT2D eigenvalue weighted by atomic mass is 9.80. The number of hydrogen-bond acceptors (Lipinski definition) is 2. The highest BCUT2D eigenvalue weighted by molar-refractivity contribution is 5.54. The van der Waals surface area contributed by atoms with E-state index in [1.54, 1.807) is 6.07 Å². The van der Waals surface area contributed by atoms with E-state index in [0.717, 1.165) is 30.9 Å². The Morgan fingerprint density at radius 3 is 2.79 bits per heavy atom. The van der Waals surface area contributed by atoms with Crippen molar-refractivity contribution in [2.75, 3.05) is 24.5 Å². The van der Waals surface area contributed by atoms with E-state index < -0.39 is 0 Å². The number of anilines is 1. The second kappa shape index (κ2) is 5.12. The molecule has 2 nitrogen and oxygen atoms in total. The summed E-state index contributed by atoms with van der Waals surface area (Å²) in [5.74, 6) is -0.0891. The topological polar surface area (TPSA) is 15.3 Å². The van der Waals surface area contributed by atoms with Crippen LogP contribution in [0.1, 0.15) is 37.7 Å². The minimum atomic E-state index is -0.0891. The predicted octanol–water partition coefficient (Wildman–Crippen LogP) is 3.25. The Labute approximate surface area is 115 Å². The van der Waals surface area contributed by atoms with Crippen LogP contribution in [0.2, 0.25) is 0 Å². The molecule has 1 aromatic rings. The Morgan fingerprint density at radius 1 is 1.21 bits per heavy atom. The standard InChI is InChI=1S/C16H23FN2/c1-13-14(17)6-5-7-15(13)19-11-10-18-16(12-19)8-3-2-4-9-16/h5-7,18H,2-4,8-12H2,1H3. The Kier molecular flexibility index (Phi) is 3.48. The van der Waals surface area contributed by atoms with Crippen molar-refractivity contribution in [1.82, 2.24) is 5.32 Å². The van der Waals surface area contributed by atoms with Crippen molar-refractivity contribution in [3.8, 4) is 0 Å². The van der Waals surface area contributed by atoms with Crippen LogP contribution < -0.4 is 10.2 Å². The van der Waals surface area contributed by atoms with E-state index in [4.69, 9.17) is 0 Å². The van der Waals surface area contributed by atoms with Gasteiger partial charge in [0.25, 0.3) is 0 Å². The molecule has 0 bridgehead atoms. The monoisotopic (exact) mass is 262 g/mol. The van der Waals surface area contributed by atoms with Crippen LogP contribution in [0.4, 0.5) is 10.1 Å². The molecule has 2 aliphatic rings. The number of nitrogens with zero attached hydrogens (tertiary/aromatic N) is 1. The van der Waals surface area contributed by atoms with Crippen molar-refractivity contribution in [2.45, 2.75) is 44.6 Å². The van der Waals surface area contributed by atoms with E-state index in [1.165, 1.54) is 32.1 Å². The summed E-state index contributed by atoms with van der Waals surface area (Å²) in [7, 11) is 0. The van der Waals surface area contributed by atoms with Crippen LogP contribution in [0.25, 0.3) is 0 Å². The molecule has 1 saturated carbocycles. The zero-order valence-electron chi connectivity index (χ0n) is 11.7. The fraction of sp³-hybridized carbons (Fsp3) is 0.625. The maximum atomic E-state index is 13.7. The smallest absolute Gasteiger partial charge is 0.128 e. The lowest BCUT2D eigenvalue weighted by molar-refractivity contribution is 0.216. The van der Waals surface area contributed by atoms with E-state index in [0.29, 0.717) is 0 Å². The van der Waals surface area contributed by atoms with E-state index in [-0.39, 0.29) is 11.4 Å². The van der Waals surface area contributed by atoms with Crippen molar-refractivity contribution in [3.63, 3.8) is 0 Å². The molecular formula is C16H23FN2. The summed E-state index contributed by atoms with van der Waals surface area (Å²) < 4.78 is 13.7. The molecule has 1 aliphatic carbocycles. The van der Waals surface area contributed by atoms with Gasteiger partial charge in [-0.2, -0.15) is 0 Å². The first kappa shape index (κ1) is 12.9. The van der Waals surface area contributed by atoms with Gasteiger partial charge >= 0.3 is 0 Å². The quantitative estimate of drug-likeness (QED) is 0.836. The molecule has 1 spiro atoms. The number of nitrogens with one attached hydrogen (secondary N) is 1. The normalized spacial score (nSPS) is 22.7. The second-order valence-corrected chi connectivity index (χ2v) is 6.07. The molecular weight excluding hydrogens is 239 g/mol. The third-order valence-corrected chi connectivity index (χ3v) is 4.77. The molecule has 3 heteroatoms. The van der Waals surface area contributed by atoms with Crippen LogP contribution in [0.15, 0.2) is 18.2 Å². The molecule has 1 N–H and O–H groups in total. The number of halogens is 1. The first-order valence-corrected chi connectivity index (χ1v) is 7.45. The average molecular weight is 262 g/mol. The average Bonchev–Trinajstić information content (AvgIpc) is 2.43. The van der Waals surface area contributed by atoms with Gasteiger partial charge in [0.05, 0.1) is 0 Å². The molecule has 104 valence electrons. The van der Waals surface area contributed by atoms with E-state index in [1.807, 2.05) is 13.0 Å². The fourth-order valence-electron chi connectivity index (χ4n) is 3.66. The molecule has 19 heavy (non-hydrogen) atoms. The Hall–Kier alpha value is -1.09. The van der Waals surface area contributed by atoms with E-state index >= 15 is 0 Å². The third kappa shape index (κ3) is 2.48. The van der Waals surface area contributed by atoms with Gasteiger partial charge in [-0.1, -0.05) is 25.3 Å². The molecule has 1 heterocycles. The first-order valence-electron chi connectivity index (χ1n) is 7.45. The van der Waals surface area contributed by atoms with Crippen LogP contribution in [0, 0.1) is 12.7 Å². The number of hydrogen-bond donors (Lipinski definition) is 1. The van der Waals surface area contributed by atoms with Crippen molar-refractivity contribution < 1.29 is 4.39 Å². The predicted molar refractivity (Wildman–Crippen MR) is 77.2 cm³/mol. The highest BCUT2D eigenvalue weighted by Crippen LogP contribution is 2.33. The molecule has 3 rings (SSSR count). The molecule has 0 radical (unpaired) electrons. The van der Waals surface area contributed by atoms with Gasteiger partial charge in [0.2, 0.25) is 0 Å². The highest BCUT2D eigenvalue weighted by Gasteiger charge is 2.36. The molecule has 0 unspecified atom stereocenters. The fourth-order valence-corrected chi connectivity index (χ4v) is 3.66. The number of rotatable bonds is 1. The third-order valence-electron chi connectivity index (χ3n) is 4.77. The molecule has 2 fully saturated rings. The summed E-state index contributed by atoms with van der Waals surface area (Å²) in [4.78, 5) is 2.38. The highest BCUT2D eigenvalue weighted by atomic mass is 19.1. The van der Waals surface area contributed by atoms with Gasteiger partial charge in [-0.15, -0.1) is 0 Å². The zero-order valence-corrected chi connectivity index (χ0v) is 11.7. The molecule has 0 amide bonds. The van der Waals surface area contributed by atoms with Gasteiger partial charge < -0.3 is 10.2 Å². The first-order chi connectivity index (χ1) is 9.20. The summed E-state index contributed by atoms with van der Waals surface area (Å²) in [5, 5.41) is 3.73. The maximum Gasteiger partial charge on any atom is 0.128 e. The summed E-state index contributed by atoms with van der Waals surface area (Å²) in [5.41, 5.74) is 2.14. The Morgan fingerprint density at radius 2 is 2.00 bits per heavy atom. The van der Waals surface area contributed by atoms with Gasteiger partial charge in [-0.05, 0) is 31.9 Å². The van der Waals surface area contributed by atoms with E-state index in [2.05, 4.69) is 16.3 Å². The van der Waals surface area contributed by atoms with Gasteiger partial charge in [0.1, 0.15) is 5.82 Å². The second-order valence-electron chi connectivity index (χ2n) is 6.07. The van der Waals surface area contributed by atoms with Crippen molar-refractivity contribution in [1.29, 1.82) is 0 Å². The minimum absolute atomic E-state index is 0.0891. The number of benzene rings is 1. The van der Waals surface area contributed by atoms with Crippen LogP contribution in [0.3, 0.4) is 0 Å². The summed E-state index contributed by atoms with van der Waals surface area (Å²) in [6.45, 7) is 4.90. The van der Waals surface area contributed by atoms with Crippen molar-refractivity contribution >= 4 is 5.69 Å².